The molecule has 15 heavy (non-hydrogen) atoms. The Hall–Kier alpha value is -1.26. The Morgan fingerprint density at radius 3 is 2.73 bits per heavy atom. The molecule has 0 radical (unpaired) electrons. The molecule has 0 aliphatic carbocycles. The molecule has 0 spiro atoms. The second kappa shape index (κ2) is 7.09. The Morgan fingerprint density at radius 1 is 1.33 bits per heavy atom. The minimum Gasteiger partial charge on any atom is -0.316 e. The monoisotopic (exact) mass is 201 g/mol. The number of nitrogens with one attached hydrogen (secondary N) is 1. The number of unbranched alkanes of at least 4 members (excludes halogenated alkanes) is 1. The maximum absolute atomic E-state index is 5.18. The van der Waals surface area contributed by atoms with E-state index in [1.165, 1.54) is 5.56 Å². The molecular weight excluding hydrogens is 182 g/mol. The van der Waals surface area contributed by atoms with Crippen LogP contribution in [-0.2, 0) is 0 Å². The molecule has 1 nitrogen and oxygen atoms in total. The lowest BCUT2D eigenvalue weighted by Crippen LogP contribution is -2.21. The fourth-order valence-corrected chi connectivity index (χ4v) is 1.53. The van der Waals surface area contributed by atoms with Crippen LogP contribution in [0.25, 0.3) is 0 Å². The third-order valence-electron chi connectivity index (χ3n) is 2.49. The molecule has 0 bridgehead atoms. The van der Waals surface area contributed by atoms with Gasteiger partial charge in [0.15, 0.2) is 0 Å². The van der Waals surface area contributed by atoms with Gasteiger partial charge in [0, 0.05) is 13.0 Å². The summed E-state index contributed by atoms with van der Waals surface area (Å²) in [5, 5.41) is 3.42. The maximum Gasteiger partial charge on any atom is 0.00981 e. The van der Waals surface area contributed by atoms with Gasteiger partial charge in [-0.25, -0.2) is 0 Å². The Kier molecular flexibility index (Phi) is 5.58. The normalized spacial score (nSPS) is 12.0. The zero-order valence-electron chi connectivity index (χ0n) is 9.37. The standard InChI is InChI=1S/C14H19N/c1-3-4-8-11-15-12-13(2)14-9-6-5-7-10-14/h1,5-7,9-10,13,15H,4,8,11-12H2,2H3. The molecule has 80 valence electrons. The molecule has 1 aromatic carbocycles. The Balaban J connectivity index is 2.20. The van der Waals surface area contributed by atoms with Gasteiger partial charge in [-0.3, -0.25) is 0 Å². The van der Waals surface area contributed by atoms with Crippen molar-refractivity contribution in [3.8, 4) is 12.3 Å². The second-order valence-corrected chi connectivity index (χ2v) is 3.82. The predicted molar refractivity (Wildman–Crippen MR) is 65.8 cm³/mol. The van der Waals surface area contributed by atoms with E-state index in [1.807, 2.05) is 0 Å². The summed E-state index contributed by atoms with van der Waals surface area (Å²) in [5.74, 6) is 3.21. The van der Waals surface area contributed by atoms with Crippen LogP contribution in [0.4, 0.5) is 0 Å². The quantitative estimate of drug-likeness (QED) is 0.551. The zero-order valence-corrected chi connectivity index (χ0v) is 9.37. The zero-order chi connectivity index (χ0) is 10.9. The van der Waals surface area contributed by atoms with Gasteiger partial charge >= 0.3 is 0 Å². The van der Waals surface area contributed by atoms with Crippen molar-refractivity contribution in [2.45, 2.75) is 25.7 Å². The minimum atomic E-state index is 0.567. The van der Waals surface area contributed by atoms with Crippen molar-refractivity contribution < 1.29 is 0 Å². The van der Waals surface area contributed by atoms with Gasteiger partial charge in [0.1, 0.15) is 0 Å². The summed E-state index contributed by atoms with van der Waals surface area (Å²) < 4.78 is 0. The Morgan fingerprint density at radius 2 is 2.07 bits per heavy atom. The van der Waals surface area contributed by atoms with Crippen LogP contribution in [0, 0.1) is 12.3 Å². The Labute approximate surface area is 92.9 Å². The SMILES string of the molecule is C#CCCCNCC(C)c1ccccc1. The summed E-state index contributed by atoms with van der Waals surface area (Å²) >= 11 is 0. The lowest BCUT2D eigenvalue weighted by molar-refractivity contribution is 0.601. The van der Waals surface area contributed by atoms with E-state index in [9.17, 15) is 0 Å². The highest BCUT2D eigenvalue weighted by atomic mass is 14.8. The molecule has 1 N–H and O–H groups in total. The lowest BCUT2D eigenvalue weighted by atomic mass is 10.0. The molecule has 1 rings (SSSR count). The molecule has 1 unspecified atom stereocenters. The van der Waals surface area contributed by atoms with Gasteiger partial charge in [0.2, 0.25) is 0 Å². The highest BCUT2D eigenvalue weighted by molar-refractivity contribution is 5.18. The first-order valence-corrected chi connectivity index (χ1v) is 5.53. The minimum absolute atomic E-state index is 0.567. The largest absolute Gasteiger partial charge is 0.316 e. The van der Waals surface area contributed by atoms with Gasteiger partial charge in [-0.2, -0.15) is 0 Å². The van der Waals surface area contributed by atoms with Crippen molar-refractivity contribution in [2.24, 2.45) is 0 Å². The first kappa shape index (κ1) is 11.8. The Bertz CT molecular complexity index is 297. The molecule has 0 aromatic heterocycles. The van der Waals surface area contributed by atoms with Gasteiger partial charge in [-0.05, 0) is 24.4 Å². The molecule has 0 aliphatic heterocycles. The molecule has 0 fully saturated rings. The third kappa shape index (κ3) is 4.67. The average Bonchev–Trinajstić information content (AvgIpc) is 2.30. The summed E-state index contributed by atoms with van der Waals surface area (Å²) in [6.45, 7) is 4.28. The van der Waals surface area contributed by atoms with Gasteiger partial charge < -0.3 is 5.32 Å². The van der Waals surface area contributed by atoms with Crippen LogP contribution in [0.3, 0.4) is 0 Å². The second-order valence-electron chi connectivity index (χ2n) is 3.82. The van der Waals surface area contributed by atoms with Crippen LogP contribution >= 0.6 is 0 Å². The molecule has 0 aliphatic rings. The van der Waals surface area contributed by atoms with E-state index in [2.05, 4.69) is 48.5 Å². The van der Waals surface area contributed by atoms with Gasteiger partial charge in [-0.15, -0.1) is 12.3 Å². The van der Waals surface area contributed by atoms with Crippen LogP contribution in [0.5, 0.6) is 0 Å². The fraction of sp³-hybridized carbons (Fsp3) is 0.429. The average molecular weight is 201 g/mol. The number of benzene rings is 1. The topological polar surface area (TPSA) is 12.0 Å². The van der Waals surface area contributed by atoms with Crippen molar-refractivity contribution in [1.29, 1.82) is 0 Å². The molecule has 0 saturated carbocycles. The number of hydrogen-bond donors (Lipinski definition) is 1. The van der Waals surface area contributed by atoms with Crippen LogP contribution in [0.2, 0.25) is 0 Å². The maximum atomic E-state index is 5.18. The lowest BCUT2D eigenvalue weighted by Gasteiger charge is -2.12. The number of hydrogen-bond acceptors (Lipinski definition) is 1. The molecule has 1 aromatic rings. The highest BCUT2D eigenvalue weighted by Gasteiger charge is 2.02. The molecule has 0 heterocycles. The number of rotatable bonds is 6. The smallest absolute Gasteiger partial charge is 0.00981 e. The van der Waals surface area contributed by atoms with Crippen LogP contribution in [0.15, 0.2) is 30.3 Å². The fourth-order valence-electron chi connectivity index (χ4n) is 1.53. The molecular formula is C14H19N. The van der Waals surface area contributed by atoms with Gasteiger partial charge in [0.25, 0.3) is 0 Å². The first-order chi connectivity index (χ1) is 7.34. The van der Waals surface area contributed by atoms with E-state index in [-0.39, 0.29) is 0 Å². The van der Waals surface area contributed by atoms with E-state index in [4.69, 9.17) is 6.42 Å². The van der Waals surface area contributed by atoms with Crippen molar-refractivity contribution >= 4 is 0 Å². The van der Waals surface area contributed by atoms with Crippen molar-refractivity contribution in [3.05, 3.63) is 35.9 Å². The van der Waals surface area contributed by atoms with E-state index in [0.717, 1.165) is 25.9 Å². The van der Waals surface area contributed by atoms with Gasteiger partial charge in [0.05, 0.1) is 0 Å². The first-order valence-electron chi connectivity index (χ1n) is 5.53. The van der Waals surface area contributed by atoms with E-state index in [0.29, 0.717) is 5.92 Å². The van der Waals surface area contributed by atoms with E-state index in [1.54, 1.807) is 0 Å². The highest BCUT2D eigenvalue weighted by Crippen LogP contribution is 2.12. The van der Waals surface area contributed by atoms with Crippen molar-refractivity contribution in [1.82, 2.24) is 5.32 Å². The van der Waals surface area contributed by atoms with Crippen molar-refractivity contribution in [2.75, 3.05) is 13.1 Å². The van der Waals surface area contributed by atoms with Crippen LogP contribution < -0.4 is 5.32 Å². The van der Waals surface area contributed by atoms with Crippen molar-refractivity contribution in [3.63, 3.8) is 0 Å². The molecule has 1 atom stereocenters. The molecule has 1 heteroatoms. The van der Waals surface area contributed by atoms with Crippen LogP contribution in [0.1, 0.15) is 31.2 Å². The molecule has 0 saturated heterocycles. The summed E-state index contributed by atoms with van der Waals surface area (Å²) in [7, 11) is 0. The predicted octanol–water partition coefficient (Wildman–Crippen LogP) is 2.79. The molecule has 0 amide bonds. The summed E-state index contributed by atoms with van der Waals surface area (Å²) in [5.41, 5.74) is 1.39. The number of terminal acetylenes is 1. The third-order valence-corrected chi connectivity index (χ3v) is 2.49. The van der Waals surface area contributed by atoms with Crippen LogP contribution in [-0.4, -0.2) is 13.1 Å². The van der Waals surface area contributed by atoms with E-state index < -0.39 is 0 Å². The summed E-state index contributed by atoms with van der Waals surface area (Å²) in [6, 6.07) is 10.6. The van der Waals surface area contributed by atoms with E-state index >= 15 is 0 Å². The summed E-state index contributed by atoms with van der Waals surface area (Å²) in [4.78, 5) is 0. The summed E-state index contributed by atoms with van der Waals surface area (Å²) in [6.07, 6.45) is 7.12. The van der Waals surface area contributed by atoms with Gasteiger partial charge in [-0.1, -0.05) is 37.3 Å².